The summed E-state index contributed by atoms with van der Waals surface area (Å²) in [7, 11) is 0. The molecule has 6 aliphatic rings. The van der Waals surface area contributed by atoms with E-state index in [4.69, 9.17) is 0 Å². The van der Waals surface area contributed by atoms with E-state index in [1.54, 1.807) is 0 Å². The van der Waals surface area contributed by atoms with Crippen LogP contribution in [0.25, 0.3) is 22.3 Å². The first-order valence-corrected chi connectivity index (χ1v) is 23.5. The molecule has 3 heterocycles. The number of anilines is 4. The van der Waals surface area contributed by atoms with Crippen molar-refractivity contribution >= 4 is 40.5 Å². The molecular formula is C61H53BN2. The molecule has 3 aliphatic heterocycles. The highest BCUT2D eigenvalue weighted by Gasteiger charge is 2.57. The molecule has 7 aromatic carbocycles. The third kappa shape index (κ3) is 4.79. The van der Waals surface area contributed by atoms with E-state index in [1.807, 2.05) is 6.07 Å². The SMILES string of the molecule is Cc1cc2c3c(c1)N1C4=CC=CCC4C(c4c#cccc4)(c4ccccc4)c4cccc(c41)B3N(c1ccc3c(c1)C(C)(C)CCC3(C)C)c1cc3c(cc1-2)-c1ccccc1C3(C)C. The van der Waals surface area contributed by atoms with Crippen LogP contribution in [-0.2, 0) is 21.7 Å². The molecule has 310 valence electrons. The zero-order chi connectivity index (χ0) is 43.5. The Kier molecular flexibility index (Phi) is 7.62. The van der Waals surface area contributed by atoms with Gasteiger partial charge in [0.1, 0.15) is 0 Å². The van der Waals surface area contributed by atoms with Gasteiger partial charge in [-0.25, -0.2) is 0 Å². The summed E-state index contributed by atoms with van der Waals surface area (Å²) >= 11 is 0. The van der Waals surface area contributed by atoms with Crippen molar-refractivity contribution in [3.8, 4) is 22.3 Å². The van der Waals surface area contributed by atoms with E-state index < -0.39 is 5.41 Å². The second-order valence-electron chi connectivity index (χ2n) is 21.4. The third-order valence-electron chi connectivity index (χ3n) is 16.7. The zero-order valence-corrected chi connectivity index (χ0v) is 38.1. The lowest BCUT2D eigenvalue weighted by atomic mass is 9.41. The Labute approximate surface area is 380 Å². The molecule has 13 rings (SSSR count). The lowest BCUT2D eigenvalue weighted by Crippen LogP contribution is -2.64. The van der Waals surface area contributed by atoms with Crippen molar-refractivity contribution in [3.63, 3.8) is 0 Å². The summed E-state index contributed by atoms with van der Waals surface area (Å²) < 4.78 is 0. The van der Waals surface area contributed by atoms with E-state index in [2.05, 4.69) is 216 Å². The number of allylic oxidation sites excluding steroid dienone is 4. The number of hydrogen-bond acceptors (Lipinski definition) is 2. The molecule has 2 atom stereocenters. The van der Waals surface area contributed by atoms with Crippen molar-refractivity contribution < 1.29 is 0 Å². The Morgan fingerprint density at radius 2 is 1.41 bits per heavy atom. The van der Waals surface area contributed by atoms with Crippen molar-refractivity contribution in [3.05, 3.63) is 214 Å². The van der Waals surface area contributed by atoms with Crippen LogP contribution in [0.1, 0.15) is 105 Å². The minimum atomic E-state index is -0.503. The highest BCUT2D eigenvalue weighted by atomic mass is 15.2. The van der Waals surface area contributed by atoms with Crippen LogP contribution in [0.2, 0.25) is 0 Å². The smallest absolute Gasteiger partial charge is 0.333 e. The van der Waals surface area contributed by atoms with Crippen molar-refractivity contribution in [2.24, 2.45) is 5.92 Å². The summed E-state index contributed by atoms with van der Waals surface area (Å²) in [4.78, 5) is 5.47. The molecular weight excluding hydrogens is 771 g/mol. The molecule has 0 spiro atoms. The number of rotatable bonds is 3. The molecule has 0 aromatic heterocycles. The second kappa shape index (κ2) is 12.8. The Morgan fingerprint density at radius 1 is 0.625 bits per heavy atom. The topological polar surface area (TPSA) is 6.48 Å². The summed E-state index contributed by atoms with van der Waals surface area (Å²) in [6, 6.07) is 58.9. The number of nitrogens with zero attached hydrogens (tertiary/aromatic N) is 2. The average molecular weight is 825 g/mol. The van der Waals surface area contributed by atoms with Crippen molar-refractivity contribution in [2.45, 2.75) is 89.4 Å². The van der Waals surface area contributed by atoms with Gasteiger partial charge < -0.3 is 9.71 Å². The van der Waals surface area contributed by atoms with Crippen LogP contribution >= 0.6 is 0 Å². The van der Waals surface area contributed by atoms with Gasteiger partial charge in [-0.3, -0.25) is 0 Å². The molecule has 7 aromatic rings. The van der Waals surface area contributed by atoms with Crippen LogP contribution in [0.15, 0.2) is 157 Å². The molecule has 64 heavy (non-hydrogen) atoms. The van der Waals surface area contributed by atoms with E-state index >= 15 is 0 Å². The molecule has 0 radical (unpaired) electrons. The van der Waals surface area contributed by atoms with Crippen molar-refractivity contribution in [1.82, 2.24) is 0 Å². The predicted octanol–water partition coefficient (Wildman–Crippen LogP) is 13.4. The molecule has 2 nitrogen and oxygen atoms in total. The molecule has 0 saturated carbocycles. The van der Waals surface area contributed by atoms with Crippen molar-refractivity contribution in [2.75, 3.05) is 9.71 Å². The first-order valence-electron chi connectivity index (χ1n) is 23.5. The Balaban J connectivity index is 1.17. The van der Waals surface area contributed by atoms with Crippen LogP contribution in [0.5, 0.6) is 0 Å². The summed E-state index contributed by atoms with van der Waals surface area (Å²) in [5.41, 5.74) is 25.0. The quantitative estimate of drug-likeness (QED) is 0.164. The van der Waals surface area contributed by atoms with Gasteiger partial charge in [0, 0.05) is 50.9 Å². The van der Waals surface area contributed by atoms with E-state index in [0.29, 0.717) is 0 Å². The van der Waals surface area contributed by atoms with Gasteiger partial charge in [0.15, 0.2) is 0 Å². The lowest BCUT2D eigenvalue weighted by Gasteiger charge is -2.56. The van der Waals surface area contributed by atoms with Gasteiger partial charge in [-0.05, 0) is 152 Å². The minimum Gasteiger partial charge on any atom is -0.376 e. The van der Waals surface area contributed by atoms with Gasteiger partial charge in [0.25, 0.3) is 0 Å². The lowest BCUT2D eigenvalue weighted by molar-refractivity contribution is 0.332. The average Bonchev–Trinajstić information content (AvgIpc) is 3.53. The highest BCUT2D eigenvalue weighted by Crippen LogP contribution is 2.61. The molecule has 3 aliphatic carbocycles. The summed E-state index contributed by atoms with van der Waals surface area (Å²) in [6.07, 6.45) is 10.4. The second-order valence-corrected chi connectivity index (χ2v) is 21.4. The molecule has 3 heteroatoms. The Hall–Kier alpha value is -6.50. The Bertz CT molecular complexity index is 3160. The highest BCUT2D eigenvalue weighted by molar-refractivity contribution is 6.93. The molecule has 0 saturated heterocycles. The van der Waals surface area contributed by atoms with Gasteiger partial charge in [0.2, 0.25) is 0 Å². The van der Waals surface area contributed by atoms with Gasteiger partial charge in [0.05, 0.1) is 5.41 Å². The van der Waals surface area contributed by atoms with E-state index in [9.17, 15) is 0 Å². The number of aryl methyl sites for hydroxylation is 1. The molecule has 0 fully saturated rings. The monoisotopic (exact) mass is 824 g/mol. The fourth-order valence-corrected chi connectivity index (χ4v) is 13.5. The summed E-state index contributed by atoms with van der Waals surface area (Å²) in [5.74, 6) is 0.127. The van der Waals surface area contributed by atoms with Crippen LogP contribution in [0.4, 0.5) is 22.7 Å². The maximum atomic E-state index is 3.72. The largest absolute Gasteiger partial charge is 0.376 e. The van der Waals surface area contributed by atoms with Crippen molar-refractivity contribution in [1.29, 1.82) is 0 Å². The van der Waals surface area contributed by atoms with Gasteiger partial charge in [-0.15, -0.1) is 0 Å². The van der Waals surface area contributed by atoms with Crippen LogP contribution < -0.4 is 20.6 Å². The van der Waals surface area contributed by atoms with Crippen LogP contribution in [-0.4, -0.2) is 6.85 Å². The maximum Gasteiger partial charge on any atom is 0.333 e. The molecule has 0 bridgehead atoms. The normalized spacial score (nSPS) is 20.1. The number of fused-ring (bicyclic) bond motifs is 10. The molecule has 2 unspecified atom stereocenters. The molecule has 0 N–H and O–H groups in total. The minimum absolute atomic E-state index is 0.0605. The van der Waals surface area contributed by atoms with E-state index in [0.717, 1.165) is 6.42 Å². The van der Waals surface area contributed by atoms with Gasteiger partial charge >= 0.3 is 6.85 Å². The first-order chi connectivity index (χ1) is 30.9. The fourth-order valence-electron chi connectivity index (χ4n) is 13.5. The summed E-state index contributed by atoms with van der Waals surface area (Å²) in [6.45, 7) is 16.9. The van der Waals surface area contributed by atoms with E-state index in [-0.39, 0.29) is 29.0 Å². The standard InChI is InChI=1S/C61H53BN2/c1-38-33-45-44-36-43-42-23-14-15-24-46(42)60(6,7)50(43)37-54(44)64(41-29-30-47-51(35-41)59(4,5)32-31-58(47,2)3)62-52-27-18-26-49-57(52)63(55(34-38)56(45)62)53-28-17-16-25-48(53)61(49,39-19-10-8-11-20-39)40-21-12-9-13-22-40/h8-12,14-21,23-24,26-30,33-37,48H,25,31-32H2,1-7H3. The fraction of sp³-hybridized carbons (Fsp3) is 0.246. The van der Waals surface area contributed by atoms with Gasteiger partial charge in [-0.1, -0.05) is 157 Å². The number of hydrogen-bond donors (Lipinski definition) is 0. The predicted molar refractivity (Wildman–Crippen MR) is 267 cm³/mol. The van der Waals surface area contributed by atoms with E-state index in [1.165, 1.54) is 119 Å². The van der Waals surface area contributed by atoms with Crippen LogP contribution in [0, 0.1) is 25.0 Å². The first kappa shape index (κ1) is 38.0. The zero-order valence-electron chi connectivity index (χ0n) is 38.1. The Morgan fingerprint density at radius 3 is 2.22 bits per heavy atom. The van der Waals surface area contributed by atoms with Crippen LogP contribution in [0.3, 0.4) is 0 Å². The maximum absolute atomic E-state index is 3.72. The number of benzene rings is 6. The molecule has 0 amide bonds. The number of para-hydroxylation sites is 1. The third-order valence-corrected chi connectivity index (χ3v) is 16.7. The van der Waals surface area contributed by atoms with Gasteiger partial charge in [-0.2, -0.15) is 0 Å². The summed E-state index contributed by atoms with van der Waals surface area (Å²) in [5, 5.41) is 0.